The second kappa shape index (κ2) is 4.56. The summed E-state index contributed by atoms with van der Waals surface area (Å²) in [6.07, 6.45) is 4.81. The van der Waals surface area contributed by atoms with Gasteiger partial charge in [-0.1, -0.05) is 6.42 Å². The summed E-state index contributed by atoms with van der Waals surface area (Å²) in [7, 11) is 0. The minimum absolute atomic E-state index is 0.218. The maximum absolute atomic E-state index is 9.75. The van der Waals surface area contributed by atoms with Gasteiger partial charge in [0.15, 0.2) is 0 Å². The van der Waals surface area contributed by atoms with Crippen LogP contribution in [-0.2, 0) is 4.74 Å². The van der Waals surface area contributed by atoms with E-state index in [1.807, 2.05) is 0 Å². The van der Waals surface area contributed by atoms with E-state index in [-0.39, 0.29) is 5.54 Å². The first-order valence-electron chi connectivity index (χ1n) is 6.85. The number of hydrogen-bond donors (Lipinski definition) is 0. The molecule has 0 radical (unpaired) electrons. The molecule has 3 heterocycles. The predicted octanol–water partition coefficient (Wildman–Crippen LogP) is 0.839. The molecule has 0 bridgehead atoms. The fourth-order valence-electron chi connectivity index (χ4n) is 3.81. The SMILES string of the molecule is N#CC1(N2CCOCC2)CCN2CCCCC21. The van der Waals surface area contributed by atoms with Gasteiger partial charge >= 0.3 is 0 Å². The number of fused-ring (bicyclic) bond motifs is 1. The molecule has 0 aliphatic carbocycles. The molecule has 2 atom stereocenters. The summed E-state index contributed by atoms with van der Waals surface area (Å²) in [6, 6.07) is 3.15. The van der Waals surface area contributed by atoms with Crippen molar-refractivity contribution in [1.82, 2.24) is 9.80 Å². The predicted molar refractivity (Wildman–Crippen MR) is 64.6 cm³/mol. The minimum atomic E-state index is -0.218. The third-order valence-electron chi connectivity index (χ3n) is 4.71. The number of piperidine rings is 1. The van der Waals surface area contributed by atoms with Crippen LogP contribution in [0, 0.1) is 11.3 Å². The van der Waals surface area contributed by atoms with E-state index in [0.29, 0.717) is 6.04 Å². The van der Waals surface area contributed by atoms with Crippen molar-refractivity contribution in [3.63, 3.8) is 0 Å². The Kier molecular flexibility index (Phi) is 3.08. The topological polar surface area (TPSA) is 39.5 Å². The van der Waals surface area contributed by atoms with Gasteiger partial charge in [0.2, 0.25) is 0 Å². The molecule has 0 amide bonds. The molecule has 0 saturated carbocycles. The Morgan fingerprint density at radius 2 is 1.94 bits per heavy atom. The molecule has 4 heteroatoms. The molecule has 0 aromatic rings. The smallest absolute Gasteiger partial charge is 0.126 e. The van der Waals surface area contributed by atoms with Gasteiger partial charge in [0.05, 0.1) is 19.3 Å². The van der Waals surface area contributed by atoms with Crippen LogP contribution in [0.5, 0.6) is 0 Å². The van der Waals surface area contributed by atoms with Gasteiger partial charge in [-0.3, -0.25) is 9.80 Å². The quantitative estimate of drug-likeness (QED) is 0.675. The van der Waals surface area contributed by atoms with Crippen LogP contribution in [0.1, 0.15) is 25.7 Å². The van der Waals surface area contributed by atoms with E-state index in [2.05, 4.69) is 15.9 Å². The Morgan fingerprint density at radius 3 is 2.71 bits per heavy atom. The van der Waals surface area contributed by atoms with E-state index in [9.17, 15) is 5.26 Å². The molecule has 3 aliphatic heterocycles. The molecule has 94 valence electrons. The Bertz CT molecular complexity index is 321. The fourth-order valence-corrected chi connectivity index (χ4v) is 3.81. The van der Waals surface area contributed by atoms with Gasteiger partial charge in [0.25, 0.3) is 0 Å². The molecule has 3 aliphatic rings. The van der Waals surface area contributed by atoms with Gasteiger partial charge in [-0.05, 0) is 25.8 Å². The van der Waals surface area contributed by atoms with Crippen molar-refractivity contribution in [2.75, 3.05) is 39.4 Å². The van der Waals surface area contributed by atoms with Crippen molar-refractivity contribution < 1.29 is 4.74 Å². The van der Waals surface area contributed by atoms with Crippen LogP contribution in [0.4, 0.5) is 0 Å². The number of rotatable bonds is 1. The van der Waals surface area contributed by atoms with E-state index in [0.717, 1.165) is 39.3 Å². The standard InChI is InChI=1S/C13H21N3O/c14-11-13(16-7-9-17-10-8-16)4-6-15-5-2-1-3-12(13)15/h12H,1-10H2. The summed E-state index contributed by atoms with van der Waals surface area (Å²) >= 11 is 0. The van der Waals surface area contributed by atoms with Crippen LogP contribution in [0.3, 0.4) is 0 Å². The number of hydrogen-bond acceptors (Lipinski definition) is 4. The zero-order chi connectivity index (χ0) is 11.7. The van der Waals surface area contributed by atoms with Crippen LogP contribution in [0.15, 0.2) is 0 Å². The summed E-state index contributed by atoms with van der Waals surface area (Å²) in [6.45, 7) is 5.73. The molecule has 17 heavy (non-hydrogen) atoms. The van der Waals surface area contributed by atoms with E-state index in [1.54, 1.807) is 0 Å². The monoisotopic (exact) mass is 235 g/mol. The first kappa shape index (κ1) is 11.5. The maximum Gasteiger partial charge on any atom is 0.126 e. The Labute approximate surface area is 103 Å². The van der Waals surface area contributed by atoms with Crippen molar-refractivity contribution >= 4 is 0 Å². The molecule has 3 saturated heterocycles. The van der Waals surface area contributed by atoms with Crippen LogP contribution in [0.2, 0.25) is 0 Å². The largest absolute Gasteiger partial charge is 0.379 e. The van der Waals surface area contributed by atoms with E-state index in [4.69, 9.17) is 4.74 Å². The van der Waals surface area contributed by atoms with Gasteiger partial charge in [-0.2, -0.15) is 5.26 Å². The van der Waals surface area contributed by atoms with Crippen LogP contribution in [-0.4, -0.2) is 60.8 Å². The molecule has 4 nitrogen and oxygen atoms in total. The number of morpholine rings is 1. The second-order valence-corrected chi connectivity index (χ2v) is 5.43. The van der Waals surface area contributed by atoms with E-state index < -0.39 is 0 Å². The van der Waals surface area contributed by atoms with Crippen molar-refractivity contribution in [2.45, 2.75) is 37.3 Å². The van der Waals surface area contributed by atoms with Gasteiger partial charge < -0.3 is 4.74 Å². The van der Waals surface area contributed by atoms with Crippen LogP contribution < -0.4 is 0 Å². The van der Waals surface area contributed by atoms with Gasteiger partial charge in [0.1, 0.15) is 5.54 Å². The Balaban J connectivity index is 1.83. The first-order valence-corrected chi connectivity index (χ1v) is 6.85. The summed E-state index contributed by atoms with van der Waals surface area (Å²) in [5.74, 6) is 0. The van der Waals surface area contributed by atoms with Gasteiger partial charge in [0, 0.05) is 25.7 Å². The third kappa shape index (κ3) is 1.77. The average molecular weight is 235 g/mol. The number of ether oxygens (including phenoxy) is 1. The Hall–Kier alpha value is -0.630. The highest BCUT2D eigenvalue weighted by atomic mass is 16.5. The molecule has 0 aromatic carbocycles. The van der Waals surface area contributed by atoms with Crippen molar-refractivity contribution in [3.05, 3.63) is 0 Å². The third-order valence-corrected chi connectivity index (χ3v) is 4.71. The summed E-state index contributed by atoms with van der Waals surface area (Å²) in [4.78, 5) is 4.94. The van der Waals surface area contributed by atoms with Crippen LogP contribution >= 0.6 is 0 Å². The van der Waals surface area contributed by atoms with Gasteiger partial charge in [-0.25, -0.2) is 0 Å². The summed E-state index contributed by atoms with van der Waals surface area (Å²) in [5.41, 5.74) is -0.218. The zero-order valence-corrected chi connectivity index (χ0v) is 10.4. The normalized spacial score (nSPS) is 39.8. The fraction of sp³-hybridized carbons (Fsp3) is 0.923. The molecule has 3 rings (SSSR count). The minimum Gasteiger partial charge on any atom is -0.379 e. The first-order chi connectivity index (χ1) is 8.37. The lowest BCUT2D eigenvalue weighted by molar-refractivity contribution is -0.0193. The van der Waals surface area contributed by atoms with Crippen molar-refractivity contribution in [1.29, 1.82) is 5.26 Å². The molecule has 2 unspecified atom stereocenters. The lowest BCUT2D eigenvalue weighted by Gasteiger charge is -2.44. The Morgan fingerprint density at radius 1 is 1.12 bits per heavy atom. The highest BCUT2D eigenvalue weighted by Gasteiger charge is 2.52. The lowest BCUT2D eigenvalue weighted by Crippen LogP contribution is -2.59. The zero-order valence-electron chi connectivity index (χ0n) is 10.4. The average Bonchev–Trinajstić information content (AvgIpc) is 2.80. The molecular weight excluding hydrogens is 214 g/mol. The molecule has 3 fully saturated rings. The molecular formula is C13H21N3O. The number of nitrogens with zero attached hydrogens (tertiary/aromatic N) is 3. The maximum atomic E-state index is 9.75. The second-order valence-electron chi connectivity index (χ2n) is 5.43. The summed E-state index contributed by atoms with van der Waals surface area (Å²) in [5, 5.41) is 9.75. The van der Waals surface area contributed by atoms with Crippen molar-refractivity contribution in [3.8, 4) is 6.07 Å². The van der Waals surface area contributed by atoms with Gasteiger partial charge in [-0.15, -0.1) is 0 Å². The highest BCUT2D eigenvalue weighted by Crippen LogP contribution is 2.39. The molecule has 0 N–H and O–H groups in total. The van der Waals surface area contributed by atoms with Crippen LogP contribution in [0.25, 0.3) is 0 Å². The summed E-state index contributed by atoms with van der Waals surface area (Å²) < 4.78 is 5.42. The van der Waals surface area contributed by atoms with E-state index >= 15 is 0 Å². The van der Waals surface area contributed by atoms with E-state index in [1.165, 1.54) is 25.8 Å². The molecule has 0 spiro atoms. The highest BCUT2D eigenvalue weighted by molar-refractivity contribution is 5.20. The van der Waals surface area contributed by atoms with Crippen molar-refractivity contribution in [2.24, 2.45) is 0 Å². The molecule has 0 aromatic heterocycles. The number of nitriles is 1. The lowest BCUT2D eigenvalue weighted by atomic mass is 9.84.